The van der Waals surface area contributed by atoms with Crippen LogP contribution in [0.4, 0.5) is 10.1 Å². The summed E-state index contributed by atoms with van der Waals surface area (Å²) in [6.45, 7) is 5.69. The molecule has 0 spiro atoms. The smallest absolute Gasteiger partial charge is 0.146 e. The van der Waals surface area contributed by atoms with E-state index in [0.717, 1.165) is 26.2 Å². The number of piperazine rings is 1. The third-order valence-corrected chi connectivity index (χ3v) is 6.26. The van der Waals surface area contributed by atoms with Gasteiger partial charge in [-0.05, 0) is 37.3 Å². The average Bonchev–Trinajstić information content (AvgIpc) is 3.11. The molecular formula is C25H26FN4+. The Kier molecular flexibility index (Phi) is 4.97. The number of H-pyrrole nitrogens is 1. The van der Waals surface area contributed by atoms with Gasteiger partial charge >= 0.3 is 0 Å². The molecule has 5 heteroatoms. The number of quaternary nitrogens is 1. The van der Waals surface area contributed by atoms with E-state index >= 15 is 0 Å². The van der Waals surface area contributed by atoms with Crippen LogP contribution < -0.4 is 9.80 Å². The molecule has 0 bridgehead atoms. The molecule has 2 N–H and O–H groups in total. The maximum Gasteiger partial charge on any atom is 0.146 e. The normalized spacial score (nSPS) is 16.1. The SMILES string of the molecule is Cc1[nH]c2ccccc2c1[C@H](c1cccnc1)[NH+]1CCN(c2ccccc2F)CC1. The lowest BCUT2D eigenvalue weighted by Crippen LogP contribution is -3.15. The number of benzene rings is 2. The maximum absolute atomic E-state index is 14.3. The average molecular weight is 402 g/mol. The van der Waals surface area contributed by atoms with Crippen LogP contribution in [0.25, 0.3) is 10.9 Å². The molecule has 5 rings (SSSR count). The lowest BCUT2D eigenvalue weighted by Gasteiger charge is -2.38. The molecule has 0 saturated carbocycles. The van der Waals surface area contributed by atoms with E-state index in [1.807, 2.05) is 30.6 Å². The van der Waals surface area contributed by atoms with E-state index < -0.39 is 0 Å². The van der Waals surface area contributed by atoms with Crippen LogP contribution >= 0.6 is 0 Å². The summed E-state index contributed by atoms with van der Waals surface area (Å²) >= 11 is 0. The number of fused-ring (bicyclic) bond motifs is 1. The minimum atomic E-state index is -0.141. The number of aromatic amines is 1. The second-order valence-corrected chi connectivity index (χ2v) is 8.03. The summed E-state index contributed by atoms with van der Waals surface area (Å²) in [6.07, 6.45) is 3.82. The Morgan fingerprint density at radius 1 is 1.00 bits per heavy atom. The zero-order valence-electron chi connectivity index (χ0n) is 17.1. The third-order valence-electron chi connectivity index (χ3n) is 6.26. The number of aromatic nitrogens is 2. The zero-order valence-corrected chi connectivity index (χ0v) is 17.1. The molecule has 152 valence electrons. The Bertz CT molecular complexity index is 1150. The molecule has 0 unspecified atom stereocenters. The molecule has 4 nitrogen and oxygen atoms in total. The summed E-state index contributed by atoms with van der Waals surface area (Å²) in [5.74, 6) is -0.141. The number of rotatable bonds is 4. The van der Waals surface area contributed by atoms with Gasteiger partial charge in [-0.15, -0.1) is 0 Å². The van der Waals surface area contributed by atoms with Gasteiger partial charge in [-0.2, -0.15) is 0 Å². The second kappa shape index (κ2) is 7.92. The van der Waals surface area contributed by atoms with Crippen LogP contribution in [0.2, 0.25) is 0 Å². The van der Waals surface area contributed by atoms with Crippen molar-refractivity contribution in [1.82, 2.24) is 9.97 Å². The molecule has 0 radical (unpaired) electrons. The molecule has 2 aromatic carbocycles. The Hall–Kier alpha value is -3.18. The van der Waals surface area contributed by atoms with Crippen molar-refractivity contribution < 1.29 is 9.29 Å². The highest BCUT2D eigenvalue weighted by Gasteiger charge is 2.33. The van der Waals surface area contributed by atoms with Gasteiger partial charge in [0.25, 0.3) is 0 Å². The number of aryl methyl sites for hydroxylation is 1. The summed E-state index contributed by atoms with van der Waals surface area (Å²) in [4.78, 5) is 11.6. The van der Waals surface area contributed by atoms with Gasteiger partial charge in [0, 0.05) is 40.1 Å². The van der Waals surface area contributed by atoms with Gasteiger partial charge < -0.3 is 14.8 Å². The fourth-order valence-electron chi connectivity index (χ4n) is 4.86. The van der Waals surface area contributed by atoms with Crippen LogP contribution in [0.1, 0.15) is 22.9 Å². The van der Waals surface area contributed by atoms with Crippen LogP contribution in [0.3, 0.4) is 0 Å². The lowest BCUT2D eigenvalue weighted by atomic mass is 9.95. The number of anilines is 1. The van der Waals surface area contributed by atoms with E-state index in [2.05, 4.69) is 52.1 Å². The Morgan fingerprint density at radius 3 is 2.53 bits per heavy atom. The highest BCUT2D eigenvalue weighted by atomic mass is 19.1. The quantitative estimate of drug-likeness (QED) is 0.549. The van der Waals surface area contributed by atoms with Crippen molar-refractivity contribution in [2.75, 3.05) is 31.1 Å². The van der Waals surface area contributed by atoms with Crippen molar-refractivity contribution in [3.05, 3.63) is 95.7 Å². The predicted molar refractivity (Wildman–Crippen MR) is 118 cm³/mol. The van der Waals surface area contributed by atoms with Crippen LogP contribution in [0.5, 0.6) is 0 Å². The number of para-hydroxylation sites is 2. The first kappa shape index (κ1) is 18.8. The molecule has 1 atom stereocenters. The second-order valence-electron chi connectivity index (χ2n) is 8.03. The van der Waals surface area contributed by atoms with Crippen LogP contribution in [0, 0.1) is 12.7 Å². The number of hydrogen-bond donors (Lipinski definition) is 2. The topological polar surface area (TPSA) is 36.4 Å². The number of pyridine rings is 1. The van der Waals surface area contributed by atoms with Gasteiger partial charge in [-0.25, -0.2) is 4.39 Å². The highest BCUT2D eigenvalue weighted by Crippen LogP contribution is 2.30. The minimum absolute atomic E-state index is 0.141. The first-order valence-corrected chi connectivity index (χ1v) is 10.5. The number of hydrogen-bond acceptors (Lipinski definition) is 2. The summed E-state index contributed by atoms with van der Waals surface area (Å²) in [6, 6.07) is 20.0. The Morgan fingerprint density at radius 2 is 1.77 bits per heavy atom. The Labute approximate surface area is 176 Å². The van der Waals surface area contributed by atoms with E-state index in [-0.39, 0.29) is 11.9 Å². The van der Waals surface area contributed by atoms with E-state index in [1.165, 1.54) is 32.6 Å². The summed E-state index contributed by atoms with van der Waals surface area (Å²) in [7, 11) is 0. The van der Waals surface area contributed by atoms with Crippen molar-refractivity contribution >= 4 is 16.6 Å². The van der Waals surface area contributed by atoms with Crippen molar-refractivity contribution in [3.8, 4) is 0 Å². The van der Waals surface area contributed by atoms with Crippen molar-refractivity contribution in [3.63, 3.8) is 0 Å². The number of nitrogens with one attached hydrogen (secondary N) is 2. The number of nitrogens with zero attached hydrogens (tertiary/aromatic N) is 2. The fraction of sp³-hybridized carbons (Fsp3) is 0.240. The maximum atomic E-state index is 14.3. The van der Waals surface area contributed by atoms with Gasteiger partial charge in [0.2, 0.25) is 0 Å². The standard InChI is InChI=1S/C25H25FN4/c1-18-24(20-8-2-4-10-22(20)28-18)25(19-7-6-12-27-17-19)30-15-13-29(14-16-30)23-11-5-3-9-21(23)26/h2-12,17,25,28H,13-16H2,1H3/p+1/t25-/m0/s1. The van der Waals surface area contributed by atoms with Crippen LogP contribution in [-0.2, 0) is 0 Å². The lowest BCUT2D eigenvalue weighted by molar-refractivity contribution is -0.926. The summed E-state index contributed by atoms with van der Waals surface area (Å²) < 4.78 is 14.3. The molecule has 3 heterocycles. The Balaban J connectivity index is 1.50. The summed E-state index contributed by atoms with van der Waals surface area (Å²) in [5, 5.41) is 1.27. The van der Waals surface area contributed by atoms with Crippen LogP contribution in [-0.4, -0.2) is 36.1 Å². The molecule has 2 aromatic heterocycles. The van der Waals surface area contributed by atoms with Crippen molar-refractivity contribution in [2.45, 2.75) is 13.0 Å². The first-order chi connectivity index (χ1) is 14.7. The molecule has 4 aromatic rings. The third kappa shape index (κ3) is 3.35. The molecule has 1 saturated heterocycles. The monoisotopic (exact) mass is 401 g/mol. The predicted octanol–water partition coefficient (Wildman–Crippen LogP) is 3.50. The zero-order chi connectivity index (χ0) is 20.5. The van der Waals surface area contributed by atoms with Gasteiger partial charge in [0.05, 0.1) is 31.9 Å². The molecule has 0 amide bonds. The van der Waals surface area contributed by atoms with Crippen molar-refractivity contribution in [2.24, 2.45) is 0 Å². The van der Waals surface area contributed by atoms with E-state index in [4.69, 9.17) is 0 Å². The van der Waals surface area contributed by atoms with Gasteiger partial charge in [0.15, 0.2) is 0 Å². The van der Waals surface area contributed by atoms with E-state index in [9.17, 15) is 4.39 Å². The molecule has 30 heavy (non-hydrogen) atoms. The molecule has 1 fully saturated rings. The molecule has 1 aliphatic heterocycles. The van der Waals surface area contributed by atoms with Gasteiger partial charge in [-0.1, -0.05) is 30.3 Å². The van der Waals surface area contributed by atoms with Crippen LogP contribution in [0.15, 0.2) is 73.1 Å². The summed E-state index contributed by atoms with van der Waals surface area (Å²) in [5.41, 5.74) is 5.64. The van der Waals surface area contributed by atoms with E-state index in [1.54, 1.807) is 12.1 Å². The van der Waals surface area contributed by atoms with Gasteiger partial charge in [-0.3, -0.25) is 4.98 Å². The first-order valence-electron chi connectivity index (χ1n) is 10.5. The number of halogens is 1. The van der Waals surface area contributed by atoms with Gasteiger partial charge in [0.1, 0.15) is 11.9 Å². The molecule has 0 aliphatic carbocycles. The fourth-order valence-corrected chi connectivity index (χ4v) is 4.86. The van der Waals surface area contributed by atoms with E-state index in [0.29, 0.717) is 5.69 Å². The highest BCUT2D eigenvalue weighted by molar-refractivity contribution is 5.85. The molecular weight excluding hydrogens is 375 g/mol. The molecule has 1 aliphatic rings. The minimum Gasteiger partial charge on any atom is -0.358 e. The van der Waals surface area contributed by atoms with Crippen molar-refractivity contribution in [1.29, 1.82) is 0 Å². The largest absolute Gasteiger partial charge is 0.358 e.